The second kappa shape index (κ2) is 7.73. The second-order valence-corrected chi connectivity index (χ2v) is 6.13. The van der Waals surface area contributed by atoms with E-state index in [9.17, 15) is 9.59 Å². The highest BCUT2D eigenvalue weighted by Crippen LogP contribution is 2.12. The van der Waals surface area contributed by atoms with Crippen LogP contribution in [0.5, 0.6) is 0 Å². The molecular formula is C15H19ClN3O3+. The van der Waals surface area contributed by atoms with Crippen LogP contribution in [0, 0.1) is 5.53 Å². The SMILES string of the molecule is CC(C)(C)OC(=O)NC(Cc1ccc(Cl)cc1)C(=O)C=[N+]=N. The smallest absolute Gasteiger partial charge is 0.408 e. The first kappa shape index (κ1) is 17.9. The standard InChI is InChI=1S/C15H18ClN3O3/c1-15(2,3)22-14(21)19-12(13(20)9-18-17)8-10-4-6-11(16)7-5-10/h4-7,9,12,17H,8H2,1-3H3/p+1. The van der Waals surface area contributed by atoms with Gasteiger partial charge in [-0.3, -0.25) is 4.79 Å². The van der Waals surface area contributed by atoms with E-state index in [4.69, 9.17) is 21.9 Å². The molecular weight excluding hydrogens is 306 g/mol. The molecule has 0 aliphatic heterocycles. The normalized spacial score (nSPS) is 12.0. The van der Waals surface area contributed by atoms with Gasteiger partial charge < -0.3 is 10.1 Å². The fourth-order valence-corrected chi connectivity index (χ4v) is 1.81. The number of halogens is 1. The summed E-state index contributed by atoms with van der Waals surface area (Å²) in [5.74, 6) is -0.476. The summed E-state index contributed by atoms with van der Waals surface area (Å²) in [5, 5.41) is 3.09. The zero-order valence-electron chi connectivity index (χ0n) is 12.7. The lowest BCUT2D eigenvalue weighted by molar-refractivity contribution is -0.132. The number of alkyl carbamates (subject to hydrolysis) is 1. The number of hydrogen-bond donors (Lipinski definition) is 2. The number of carbonyl (C=O) groups excluding carboxylic acids is 2. The monoisotopic (exact) mass is 324 g/mol. The topological polar surface area (TPSA) is 93.3 Å². The maximum atomic E-state index is 11.9. The zero-order chi connectivity index (χ0) is 16.8. The number of ketones is 1. The Kier molecular flexibility index (Phi) is 6.28. The van der Waals surface area contributed by atoms with E-state index in [0.29, 0.717) is 5.02 Å². The molecule has 22 heavy (non-hydrogen) atoms. The van der Waals surface area contributed by atoms with Crippen LogP contribution < -0.4 is 5.32 Å². The van der Waals surface area contributed by atoms with Crippen molar-refractivity contribution in [3.05, 3.63) is 34.9 Å². The largest absolute Gasteiger partial charge is 0.444 e. The van der Waals surface area contributed by atoms with Crippen LogP contribution in [-0.2, 0) is 16.0 Å². The van der Waals surface area contributed by atoms with Crippen LogP contribution in [0.4, 0.5) is 4.79 Å². The summed E-state index contributed by atoms with van der Waals surface area (Å²) in [6.07, 6.45) is 0.414. The van der Waals surface area contributed by atoms with Crippen molar-refractivity contribution in [1.82, 2.24) is 5.32 Å². The third-order valence-corrected chi connectivity index (χ3v) is 2.83. The van der Waals surface area contributed by atoms with Gasteiger partial charge in [0, 0.05) is 11.4 Å². The number of nitrogens with one attached hydrogen (secondary N) is 2. The summed E-state index contributed by atoms with van der Waals surface area (Å²) < 4.78 is 5.14. The molecule has 0 saturated heterocycles. The minimum Gasteiger partial charge on any atom is -0.444 e. The van der Waals surface area contributed by atoms with E-state index >= 15 is 0 Å². The summed E-state index contributed by atoms with van der Waals surface area (Å²) in [6, 6.07) is 6.06. The number of nitrogens with zero attached hydrogens (tertiary/aromatic N) is 1. The molecule has 0 spiro atoms. The summed E-state index contributed by atoms with van der Waals surface area (Å²) >= 11 is 5.81. The molecule has 1 amide bonds. The Balaban J connectivity index is 2.84. The molecule has 0 radical (unpaired) electrons. The maximum absolute atomic E-state index is 11.9. The Bertz CT molecular complexity index is 587. The Labute approximate surface area is 134 Å². The zero-order valence-corrected chi connectivity index (χ0v) is 13.5. The highest BCUT2D eigenvalue weighted by atomic mass is 35.5. The first-order chi connectivity index (χ1) is 10.2. The van der Waals surface area contributed by atoms with E-state index in [1.165, 1.54) is 0 Å². The number of ether oxygens (including phenoxy) is 1. The van der Waals surface area contributed by atoms with Crippen molar-refractivity contribution in [2.75, 3.05) is 0 Å². The van der Waals surface area contributed by atoms with Gasteiger partial charge in [-0.2, -0.15) is 0 Å². The van der Waals surface area contributed by atoms with E-state index in [2.05, 4.69) is 10.1 Å². The molecule has 0 fully saturated rings. The number of carbonyl (C=O) groups is 2. The predicted molar refractivity (Wildman–Crippen MR) is 82.4 cm³/mol. The molecule has 0 aliphatic carbocycles. The predicted octanol–water partition coefficient (Wildman–Crippen LogP) is 2.65. The lowest BCUT2D eigenvalue weighted by Crippen LogP contribution is -2.45. The molecule has 1 aromatic carbocycles. The molecule has 0 aromatic heterocycles. The van der Waals surface area contributed by atoms with Crippen molar-refractivity contribution < 1.29 is 19.1 Å². The molecule has 1 unspecified atom stereocenters. The third kappa shape index (κ3) is 6.52. The lowest BCUT2D eigenvalue weighted by Gasteiger charge is -2.22. The van der Waals surface area contributed by atoms with Gasteiger partial charge in [0.05, 0.1) is 10.3 Å². The Morgan fingerprint density at radius 1 is 1.36 bits per heavy atom. The molecule has 7 heteroatoms. The van der Waals surface area contributed by atoms with Gasteiger partial charge in [0.2, 0.25) is 0 Å². The van der Waals surface area contributed by atoms with Gasteiger partial charge in [0.1, 0.15) is 11.6 Å². The summed E-state index contributed by atoms with van der Waals surface area (Å²) in [4.78, 5) is 26.7. The van der Waals surface area contributed by atoms with Crippen molar-refractivity contribution in [2.24, 2.45) is 0 Å². The lowest BCUT2D eigenvalue weighted by atomic mass is 10.0. The highest BCUT2D eigenvalue weighted by molar-refractivity contribution is 6.30. The number of rotatable bonds is 5. The van der Waals surface area contributed by atoms with Crippen LogP contribution in [0.3, 0.4) is 0 Å². The molecule has 0 bridgehead atoms. The maximum Gasteiger partial charge on any atom is 0.408 e. The van der Waals surface area contributed by atoms with Gasteiger partial charge in [-0.05, 0) is 38.5 Å². The second-order valence-electron chi connectivity index (χ2n) is 5.69. The van der Waals surface area contributed by atoms with E-state index in [0.717, 1.165) is 11.8 Å². The van der Waals surface area contributed by atoms with Crippen LogP contribution in [0.15, 0.2) is 24.3 Å². The quantitative estimate of drug-likeness (QED) is 0.495. The molecule has 1 aromatic rings. The van der Waals surface area contributed by atoms with Crippen LogP contribution in [0.25, 0.3) is 0 Å². The van der Waals surface area contributed by atoms with Gasteiger partial charge >= 0.3 is 12.3 Å². The minimum absolute atomic E-state index is 0.251. The molecule has 6 nitrogen and oxygen atoms in total. The number of hydrogen-bond acceptors (Lipinski definition) is 4. The summed E-state index contributed by atoms with van der Waals surface area (Å²) in [6.45, 7) is 5.19. The molecule has 0 heterocycles. The number of amides is 1. The summed E-state index contributed by atoms with van der Waals surface area (Å²) in [7, 11) is 0. The van der Waals surface area contributed by atoms with Crippen molar-refractivity contribution >= 4 is 29.7 Å². The van der Waals surface area contributed by atoms with E-state index in [1.54, 1.807) is 45.0 Å². The average Bonchev–Trinajstić information content (AvgIpc) is 2.38. The van der Waals surface area contributed by atoms with E-state index < -0.39 is 23.5 Å². The fourth-order valence-electron chi connectivity index (χ4n) is 1.68. The molecule has 0 aliphatic rings. The van der Waals surface area contributed by atoms with Crippen molar-refractivity contribution in [1.29, 1.82) is 5.53 Å². The van der Waals surface area contributed by atoms with Gasteiger partial charge in [0.15, 0.2) is 0 Å². The van der Waals surface area contributed by atoms with Crippen LogP contribution >= 0.6 is 11.6 Å². The van der Waals surface area contributed by atoms with Crippen molar-refractivity contribution in [2.45, 2.75) is 38.8 Å². The fraction of sp³-hybridized carbons (Fsp3) is 0.400. The Morgan fingerprint density at radius 3 is 2.45 bits per heavy atom. The van der Waals surface area contributed by atoms with Gasteiger partial charge in [0.25, 0.3) is 5.78 Å². The first-order valence-electron chi connectivity index (χ1n) is 6.69. The minimum atomic E-state index is -0.856. The first-order valence-corrected chi connectivity index (χ1v) is 7.06. The molecule has 1 atom stereocenters. The molecule has 0 saturated carbocycles. The van der Waals surface area contributed by atoms with Crippen LogP contribution in [0.1, 0.15) is 26.3 Å². The van der Waals surface area contributed by atoms with Crippen LogP contribution in [0.2, 0.25) is 5.02 Å². The Hall–Kier alpha value is -2.17. The third-order valence-electron chi connectivity index (χ3n) is 2.58. The molecule has 2 N–H and O–H groups in total. The summed E-state index contributed by atoms with van der Waals surface area (Å²) in [5.41, 5.74) is 6.90. The molecule has 118 valence electrons. The van der Waals surface area contributed by atoms with Gasteiger partial charge in [-0.25, -0.2) is 4.79 Å². The average molecular weight is 325 g/mol. The molecule has 1 rings (SSSR count). The number of Topliss-reactive ketones (excluding diaryl/α,β-unsaturated/α-hetero) is 1. The van der Waals surface area contributed by atoms with Gasteiger partial charge in [-0.15, -0.1) is 0 Å². The van der Waals surface area contributed by atoms with Crippen molar-refractivity contribution in [3.8, 4) is 0 Å². The van der Waals surface area contributed by atoms with E-state index in [-0.39, 0.29) is 6.42 Å². The number of benzene rings is 1. The van der Waals surface area contributed by atoms with Gasteiger partial charge in [-0.1, -0.05) is 23.7 Å². The Morgan fingerprint density at radius 2 is 1.95 bits per heavy atom. The van der Waals surface area contributed by atoms with E-state index in [1.807, 2.05) is 0 Å². The highest BCUT2D eigenvalue weighted by Gasteiger charge is 2.26. The van der Waals surface area contributed by atoms with Crippen molar-refractivity contribution in [3.63, 3.8) is 0 Å². The van der Waals surface area contributed by atoms with Crippen LogP contribution in [-0.4, -0.2) is 34.5 Å².